The van der Waals surface area contributed by atoms with Crippen molar-refractivity contribution in [2.75, 3.05) is 5.32 Å². The van der Waals surface area contributed by atoms with E-state index in [1.54, 1.807) is 22.4 Å². The zero-order valence-corrected chi connectivity index (χ0v) is 16.7. The van der Waals surface area contributed by atoms with E-state index in [1.807, 2.05) is 45.2 Å². The third kappa shape index (κ3) is 3.54. The Morgan fingerprint density at radius 3 is 2.48 bits per heavy atom. The fourth-order valence-electron chi connectivity index (χ4n) is 3.21. The van der Waals surface area contributed by atoms with Crippen molar-refractivity contribution in [1.82, 2.24) is 28.9 Å². The summed E-state index contributed by atoms with van der Waals surface area (Å²) in [6.45, 7) is 5.62. The molecule has 9 heteroatoms. The molecule has 29 heavy (non-hydrogen) atoms. The average Bonchev–Trinajstić information content (AvgIpc) is 3.24. The second kappa shape index (κ2) is 7.01. The van der Waals surface area contributed by atoms with Crippen molar-refractivity contribution in [2.24, 2.45) is 7.05 Å². The summed E-state index contributed by atoms with van der Waals surface area (Å²) >= 11 is 0. The molecular formula is C20H21N7O2. The molecule has 148 valence electrons. The summed E-state index contributed by atoms with van der Waals surface area (Å²) in [6.07, 6.45) is 1.80. The Bertz CT molecular complexity index is 1280. The number of nitrogens with zero attached hydrogens (tertiary/aromatic N) is 6. The number of benzene rings is 1. The van der Waals surface area contributed by atoms with Crippen molar-refractivity contribution >= 4 is 17.4 Å². The van der Waals surface area contributed by atoms with E-state index in [1.165, 1.54) is 10.6 Å². The van der Waals surface area contributed by atoms with Crippen LogP contribution >= 0.6 is 0 Å². The topological polar surface area (TPSA) is 99.1 Å². The number of aromatic nitrogens is 6. The lowest BCUT2D eigenvalue weighted by molar-refractivity contribution is -0.116. The smallest absolute Gasteiger partial charge is 0.275 e. The van der Waals surface area contributed by atoms with E-state index in [-0.39, 0.29) is 18.0 Å². The molecule has 3 heterocycles. The van der Waals surface area contributed by atoms with Crippen molar-refractivity contribution in [1.29, 1.82) is 0 Å². The van der Waals surface area contributed by atoms with Gasteiger partial charge >= 0.3 is 0 Å². The van der Waals surface area contributed by atoms with Gasteiger partial charge < -0.3 is 9.88 Å². The van der Waals surface area contributed by atoms with Crippen LogP contribution in [0.3, 0.4) is 0 Å². The van der Waals surface area contributed by atoms with Crippen LogP contribution in [0.15, 0.2) is 41.3 Å². The molecule has 1 N–H and O–H groups in total. The largest absolute Gasteiger partial charge is 0.325 e. The lowest BCUT2D eigenvalue weighted by atomic mass is 10.2. The summed E-state index contributed by atoms with van der Waals surface area (Å²) < 4.78 is 4.56. The van der Waals surface area contributed by atoms with Crippen LogP contribution in [-0.2, 0) is 18.4 Å². The standard InChI is InChI=1S/C20H21N7O2/c1-12-5-7-15(8-6-12)21-17(28)11-26-13(2)9-18(29)27-20(26)22-19(24-27)16-10-25(4)23-14(16)3/h5-10H,11H2,1-4H3,(H,21,28). The normalized spacial score (nSPS) is 11.2. The van der Waals surface area contributed by atoms with Gasteiger partial charge in [-0.25, -0.2) is 0 Å². The first-order valence-electron chi connectivity index (χ1n) is 9.16. The maximum Gasteiger partial charge on any atom is 0.275 e. The van der Waals surface area contributed by atoms with Crippen molar-refractivity contribution in [2.45, 2.75) is 27.3 Å². The molecule has 1 amide bonds. The van der Waals surface area contributed by atoms with Gasteiger partial charge in [0.2, 0.25) is 11.7 Å². The molecule has 0 fully saturated rings. The van der Waals surface area contributed by atoms with E-state index >= 15 is 0 Å². The molecule has 0 aliphatic heterocycles. The van der Waals surface area contributed by atoms with Gasteiger partial charge in [0.1, 0.15) is 6.54 Å². The molecule has 0 radical (unpaired) electrons. The Labute approximate surface area is 166 Å². The average molecular weight is 391 g/mol. The molecule has 0 aliphatic rings. The van der Waals surface area contributed by atoms with Crippen LogP contribution in [0.1, 0.15) is 17.0 Å². The van der Waals surface area contributed by atoms with Crippen LogP contribution in [0.25, 0.3) is 17.2 Å². The number of fused-ring (bicyclic) bond motifs is 1. The van der Waals surface area contributed by atoms with Gasteiger partial charge in [-0.1, -0.05) is 17.7 Å². The van der Waals surface area contributed by atoms with Gasteiger partial charge in [0.15, 0.2) is 5.82 Å². The first-order valence-corrected chi connectivity index (χ1v) is 9.16. The molecule has 9 nitrogen and oxygen atoms in total. The zero-order chi connectivity index (χ0) is 20.7. The van der Waals surface area contributed by atoms with E-state index < -0.39 is 0 Å². The van der Waals surface area contributed by atoms with Gasteiger partial charge in [-0.3, -0.25) is 14.3 Å². The molecule has 0 aliphatic carbocycles. The SMILES string of the molecule is Cc1ccc(NC(=O)Cn2c(C)cc(=O)n3nc(-c4cn(C)nc4C)nc23)cc1. The van der Waals surface area contributed by atoms with Crippen LogP contribution in [0.2, 0.25) is 0 Å². The minimum absolute atomic E-state index is 0.00758. The van der Waals surface area contributed by atoms with E-state index in [2.05, 4.69) is 20.5 Å². The van der Waals surface area contributed by atoms with Crippen LogP contribution < -0.4 is 10.9 Å². The number of rotatable bonds is 4. The van der Waals surface area contributed by atoms with Crippen LogP contribution in [-0.4, -0.2) is 34.9 Å². The Hall–Kier alpha value is -3.75. The van der Waals surface area contributed by atoms with Crippen LogP contribution in [0.5, 0.6) is 0 Å². The van der Waals surface area contributed by atoms with Gasteiger partial charge in [-0.05, 0) is 32.9 Å². The minimum atomic E-state index is -0.298. The summed E-state index contributed by atoms with van der Waals surface area (Å²) in [5.74, 6) is 0.489. The van der Waals surface area contributed by atoms with E-state index in [4.69, 9.17) is 0 Å². The molecule has 0 saturated carbocycles. The van der Waals surface area contributed by atoms with E-state index in [9.17, 15) is 9.59 Å². The van der Waals surface area contributed by atoms with E-state index in [0.717, 1.165) is 16.8 Å². The van der Waals surface area contributed by atoms with Crippen LogP contribution in [0.4, 0.5) is 5.69 Å². The summed E-state index contributed by atoms with van der Waals surface area (Å²) in [6, 6.07) is 9.00. The molecule has 0 bridgehead atoms. The first kappa shape index (κ1) is 18.6. The molecule has 3 aromatic heterocycles. The van der Waals surface area contributed by atoms with Crippen molar-refractivity contribution in [3.63, 3.8) is 0 Å². The number of hydrogen-bond donors (Lipinski definition) is 1. The number of anilines is 1. The monoisotopic (exact) mass is 391 g/mol. The summed E-state index contributed by atoms with van der Waals surface area (Å²) in [5, 5.41) is 11.5. The van der Waals surface area contributed by atoms with Crippen molar-refractivity contribution in [3.8, 4) is 11.4 Å². The number of aryl methyl sites for hydroxylation is 4. The molecule has 0 saturated heterocycles. The summed E-state index contributed by atoms with van der Waals surface area (Å²) in [7, 11) is 1.81. The molecule has 1 aromatic carbocycles. The lowest BCUT2D eigenvalue weighted by Crippen LogP contribution is -2.25. The Morgan fingerprint density at radius 1 is 1.10 bits per heavy atom. The maximum absolute atomic E-state index is 12.6. The van der Waals surface area contributed by atoms with Crippen LogP contribution in [0, 0.1) is 20.8 Å². The van der Waals surface area contributed by atoms with Gasteiger partial charge in [0.25, 0.3) is 5.56 Å². The van der Waals surface area contributed by atoms with Gasteiger partial charge in [0, 0.05) is 30.7 Å². The Morgan fingerprint density at radius 2 is 1.83 bits per heavy atom. The Kier molecular flexibility index (Phi) is 4.50. The van der Waals surface area contributed by atoms with Crippen molar-refractivity contribution in [3.05, 3.63) is 63.8 Å². The van der Waals surface area contributed by atoms with Gasteiger partial charge in [-0.2, -0.15) is 14.6 Å². The van der Waals surface area contributed by atoms with Gasteiger partial charge in [-0.15, -0.1) is 5.10 Å². The highest BCUT2D eigenvalue weighted by atomic mass is 16.2. The first-order chi connectivity index (χ1) is 13.8. The summed E-state index contributed by atoms with van der Waals surface area (Å²) in [4.78, 5) is 29.6. The fraction of sp³-hybridized carbons (Fsp3) is 0.250. The van der Waals surface area contributed by atoms with Gasteiger partial charge in [0.05, 0.1) is 11.3 Å². The Balaban J connectivity index is 1.72. The maximum atomic E-state index is 12.6. The quantitative estimate of drug-likeness (QED) is 0.572. The minimum Gasteiger partial charge on any atom is -0.325 e. The third-order valence-corrected chi connectivity index (χ3v) is 4.69. The number of amides is 1. The summed E-state index contributed by atoms with van der Waals surface area (Å²) in [5.41, 5.74) is 3.66. The highest BCUT2D eigenvalue weighted by Gasteiger charge is 2.18. The second-order valence-electron chi connectivity index (χ2n) is 7.07. The predicted octanol–water partition coefficient (Wildman–Crippen LogP) is 1.86. The highest BCUT2D eigenvalue weighted by Crippen LogP contribution is 2.19. The number of carbonyl (C=O) groups is 1. The number of hydrogen-bond acceptors (Lipinski definition) is 5. The van der Waals surface area contributed by atoms with E-state index in [0.29, 0.717) is 23.0 Å². The molecule has 4 rings (SSSR count). The fourth-order valence-corrected chi connectivity index (χ4v) is 3.21. The molecule has 4 aromatic rings. The zero-order valence-electron chi connectivity index (χ0n) is 16.7. The predicted molar refractivity (Wildman–Crippen MR) is 109 cm³/mol. The van der Waals surface area contributed by atoms with Crippen molar-refractivity contribution < 1.29 is 4.79 Å². The highest BCUT2D eigenvalue weighted by molar-refractivity contribution is 5.90. The molecule has 0 spiro atoms. The molecule has 0 unspecified atom stereocenters. The number of nitrogens with one attached hydrogen (secondary N) is 1. The second-order valence-corrected chi connectivity index (χ2v) is 7.07. The lowest BCUT2D eigenvalue weighted by Gasteiger charge is -2.11. The molecule has 0 atom stereocenters. The molecular weight excluding hydrogens is 370 g/mol. The number of carbonyl (C=O) groups excluding carboxylic acids is 1. The third-order valence-electron chi connectivity index (χ3n) is 4.69.